The molecule has 0 unspecified atom stereocenters. The Hall–Kier alpha value is -0.780. The predicted octanol–water partition coefficient (Wildman–Crippen LogP) is 11.1. The average molecular weight is 1240 g/mol. The van der Waals surface area contributed by atoms with Crippen LogP contribution in [0.4, 0.5) is 4.79 Å². The highest BCUT2D eigenvalue weighted by molar-refractivity contribution is 14.1. The zero-order valence-corrected chi connectivity index (χ0v) is 39.3. The Labute approximate surface area is 374 Å². The Morgan fingerprint density at radius 2 is 1.48 bits per heavy atom. The molecule has 0 aromatic heterocycles. The molecule has 2 aromatic carbocycles. The van der Waals surface area contributed by atoms with Crippen molar-refractivity contribution in [2.24, 2.45) is 0 Å². The molecule has 1 aliphatic heterocycles. The number of aromatic hydroxyl groups is 1. The van der Waals surface area contributed by atoms with Gasteiger partial charge >= 0.3 is 12.1 Å². The van der Waals surface area contributed by atoms with Crippen molar-refractivity contribution in [3.05, 3.63) is 62.3 Å². The number of carbonyl (C=O) groups excluding carboxylic acids is 3. The second-order valence-electron chi connectivity index (χ2n) is 12.3. The molecule has 0 spiro atoms. The van der Waals surface area contributed by atoms with Gasteiger partial charge in [0.15, 0.2) is 11.3 Å². The van der Waals surface area contributed by atoms with Gasteiger partial charge in [-0.3, -0.25) is 9.59 Å². The maximum atomic E-state index is 13.9. The number of rotatable bonds is 12. The summed E-state index contributed by atoms with van der Waals surface area (Å²) >= 11 is 34.5. The highest BCUT2D eigenvalue weighted by Crippen LogP contribution is 2.52. The van der Waals surface area contributed by atoms with Crippen molar-refractivity contribution in [3.63, 3.8) is 0 Å². The van der Waals surface area contributed by atoms with Crippen LogP contribution in [-0.2, 0) is 14.3 Å². The van der Waals surface area contributed by atoms with E-state index in [9.17, 15) is 24.3 Å². The molecule has 0 saturated carbocycles. The van der Waals surface area contributed by atoms with Gasteiger partial charge in [-0.15, -0.1) is 0 Å². The summed E-state index contributed by atoms with van der Waals surface area (Å²) in [6.07, 6.45) is 1.92. The summed E-state index contributed by atoms with van der Waals surface area (Å²) in [7, 11) is 0. The third-order valence-electron chi connectivity index (χ3n) is 7.37. The fourth-order valence-electron chi connectivity index (χ4n) is 5.03. The van der Waals surface area contributed by atoms with Crippen LogP contribution in [0.25, 0.3) is 33.4 Å². The molecule has 0 saturated heterocycles. The van der Waals surface area contributed by atoms with E-state index in [0.717, 1.165) is 0 Å². The first-order valence-corrected chi connectivity index (χ1v) is 21.4. The number of benzene rings is 3. The lowest BCUT2D eigenvalue weighted by Crippen LogP contribution is -2.34. The van der Waals surface area contributed by atoms with Crippen LogP contribution in [-0.4, -0.2) is 48.4 Å². The Kier molecular flexibility index (Phi) is 16.0. The Bertz CT molecular complexity index is 2090. The summed E-state index contributed by atoms with van der Waals surface area (Å²) in [5.74, 6) is -0.746. The molecule has 3 N–H and O–H groups in total. The number of esters is 1. The SMILES string of the molecule is CC(C)(C)OC(=O)NCCCNC(=O)CCCCCOC(=O)c1c(Cl)c(Cl)c(Cl)c(Cl)c1-c1c2cc(I)c(=O)c(I)c-2oc2c(I)c(O)c(I)cc12. The van der Waals surface area contributed by atoms with Crippen LogP contribution in [0.3, 0.4) is 0 Å². The fourth-order valence-corrected chi connectivity index (χ4v) is 9.63. The first-order chi connectivity index (χ1) is 24.3. The first-order valence-electron chi connectivity index (χ1n) is 15.6. The second kappa shape index (κ2) is 18.9. The minimum atomic E-state index is -0.812. The molecular weight excluding hydrogens is 1210 g/mol. The number of ether oxygens (including phenoxy) is 2. The Morgan fingerprint density at radius 3 is 2.15 bits per heavy atom. The van der Waals surface area contributed by atoms with Crippen LogP contribution in [0.2, 0.25) is 20.1 Å². The molecule has 52 heavy (non-hydrogen) atoms. The Balaban J connectivity index is 1.52. The highest BCUT2D eigenvalue weighted by atomic mass is 127. The molecule has 2 aromatic rings. The summed E-state index contributed by atoms with van der Waals surface area (Å²) in [5.41, 5.74) is 0.227. The molecule has 4 rings (SSSR count). The van der Waals surface area contributed by atoms with Crippen LogP contribution in [0.15, 0.2) is 21.3 Å². The molecule has 0 radical (unpaired) electrons. The van der Waals surface area contributed by atoms with E-state index < -0.39 is 17.7 Å². The lowest BCUT2D eigenvalue weighted by molar-refractivity contribution is -0.121. The van der Waals surface area contributed by atoms with E-state index >= 15 is 0 Å². The normalized spacial score (nSPS) is 11.6. The molecule has 18 heteroatoms. The van der Waals surface area contributed by atoms with Crippen molar-refractivity contribution in [1.82, 2.24) is 10.6 Å². The summed E-state index contributed by atoms with van der Waals surface area (Å²) in [6.45, 7) is 6.11. The minimum absolute atomic E-state index is 0.00898. The number of halogens is 8. The number of phenolic OH excluding ortho intramolecular Hbond substituents is 1. The number of carbonyl (C=O) groups is 3. The van der Waals surface area contributed by atoms with E-state index in [0.29, 0.717) is 66.0 Å². The lowest BCUT2D eigenvalue weighted by Gasteiger charge is -2.22. The molecule has 1 aliphatic carbocycles. The number of hydrogen-bond donors (Lipinski definition) is 3. The number of hydrogen-bond acceptors (Lipinski definition) is 8. The van der Waals surface area contributed by atoms with Gasteiger partial charge < -0.3 is 29.6 Å². The van der Waals surface area contributed by atoms with Crippen molar-refractivity contribution in [2.45, 2.75) is 58.5 Å². The van der Waals surface area contributed by atoms with Gasteiger partial charge in [0.2, 0.25) is 11.3 Å². The maximum absolute atomic E-state index is 13.9. The standard InChI is InChI=1S/C34H30Cl4I4N2O8/c1-34(2,3)52-33(49)44-10-7-9-43-18(45)8-5-4-6-11-50-32(48)21-20(22(35)24(37)25(38)23(21)36)19-14-12-16(39)28(46)26(41)30(14)51-31-15(19)13-17(40)29(47)27(31)42/h12-13,46H,4-11H2,1-3H3,(H,43,45)(H,44,49). The lowest BCUT2D eigenvalue weighted by atomic mass is 9.90. The molecule has 1 heterocycles. The number of phenols is 1. The zero-order valence-electron chi connectivity index (χ0n) is 27.6. The van der Waals surface area contributed by atoms with Crippen molar-refractivity contribution in [1.29, 1.82) is 0 Å². The van der Waals surface area contributed by atoms with Gasteiger partial charge in [-0.25, -0.2) is 9.59 Å². The van der Waals surface area contributed by atoms with Crippen LogP contribution in [0, 0.1) is 14.3 Å². The monoisotopic (exact) mass is 1240 g/mol. The van der Waals surface area contributed by atoms with E-state index in [1.54, 1.807) is 32.9 Å². The molecule has 2 aliphatic rings. The zero-order chi connectivity index (χ0) is 38.7. The van der Waals surface area contributed by atoms with Crippen LogP contribution in [0.1, 0.15) is 63.2 Å². The van der Waals surface area contributed by atoms with Gasteiger partial charge in [0.05, 0.1) is 43.0 Å². The molecule has 0 atom stereocenters. The van der Waals surface area contributed by atoms with Crippen molar-refractivity contribution >= 4 is 166 Å². The van der Waals surface area contributed by atoms with Crippen molar-refractivity contribution < 1.29 is 33.4 Å². The third-order valence-corrected chi connectivity index (χ3v) is 12.8. The predicted molar refractivity (Wildman–Crippen MR) is 238 cm³/mol. The van der Waals surface area contributed by atoms with E-state index in [-0.39, 0.29) is 76.2 Å². The van der Waals surface area contributed by atoms with Crippen molar-refractivity contribution in [3.8, 4) is 28.2 Å². The van der Waals surface area contributed by atoms with Gasteiger partial charge in [0.1, 0.15) is 14.9 Å². The van der Waals surface area contributed by atoms with E-state index in [1.165, 1.54) is 0 Å². The van der Waals surface area contributed by atoms with Crippen LogP contribution in [0.5, 0.6) is 5.75 Å². The van der Waals surface area contributed by atoms with Gasteiger partial charge in [-0.2, -0.15) is 0 Å². The molecule has 280 valence electrons. The topological polar surface area (TPSA) is 144 Å². The van der Waals surface area contributed by atoms with Gasteiger partial charge in [0.25, 0.3) is 0 Å². The first kappa shape index (κ1) is 43.9. The number of alkyl carbamates (subject to hydrolysis) is 1. The summed E-state index contributed by atoms with van der Waals surface area (Å²) in [6, 6.07) is 3.31. The Morgan fingerprint density at radius 1 is 0.827 bits per heavy atom. The second-order valence-corrected chi connectivity index (χ2v) is 18.3. The molecule has 10 nitrogen and oxygen atoms in total. The van der Waals surface area contributed by atoms with Crippen LogP contribution < -0.4 is 16.1 Å². The van der Waals surface area contributed by atoms with Crippen LogP contribution >= 0.6 is 137 Å². The quantitative estimate of drug-likeness (QED) is 0.0318. The number of fused-ring (bicyclic) bond motifs is 2. The van der Waals surface area contributed by atoms with Gasteiger partial charge in [0, 0.05) is 41.6 Å². The summed E-state index contributed by atoms with van der Waals surface area (Å²) < 4.78 is 18.7. The average Bonchev–Trinajstić information content (AvgIpc) is 3.07. The largest absolute Gasteiger partial charge is 0.506 e. The number of nitrogens with one attached hydrogen (secondary N) is 2. The van der Waals surface area contributed by atoms with E-state index in [1.807, 2.05) is 90.4 Å². The molecule has 0 fully saturated rings. The minimum Gasteiger partial charge on any atom is -0.506 e. The fraction of sp³-hybridized carbons (Fsp3) is 0.353. The number of unbranched alkanes of at least 4 members (excludes halogenated alkanes) is 2. The third kappa shape index (κ3) is 10.3. The van der Waals surface area contributed by atoms with E-state index in [2.05, 4.69) is 10.6 Å². The molecular formula is C34H30Cl4I4N2O8. The maximum Gasteiger partial charge on any atom is 0.407 e. The summed E-state index contributed by atoms with van der Waals surface area (Å²) in [5, 5.41) is 16.2. The van der Waals surface area contributed by atoms with Crippen molar-refractivity contribution in [2.75, 3.05) is 19.7 Å². The van der Waals surface area contributed by atoms with E-state index in [4.69, 9.17) is 60.3 Å². The summed E-state index contributed by atoms with van der Waals surface area (Å²) in [4.78, 5) is 50.8. The smallest absolute Gasteiger partial charge is 0.407 e. The van der Waals surface area contributed by atoms with Gasteiger partial charge in [-0.05, 0) is 149 Å². The molecule has 0 bridgehead atoms. The highest BCUT2D eigenvalue weighted by Gasteiger charge is 2.33. The molecule has 2 amide bonds. The van der Waals surface area contributed by atoms with Gasteiger partial charge in [-0.1, -0.05) is 46.4 Å². The number of amides is 2.